The molecule has 0 N–H and O–H groups in total. The highest BCUT2D eigenvalue weighted by Crippen LogP contribution is 2.20. The van der Waals surface area contributed by atoms with E-state index in [4.69, 9.17) is 0 Å². The van der Waals surface area contributed by atoms with E-state index in [1.807, 2.05) is 32.0 Å². The second-order valence-corrected chi connectivity index (χ2v) is 4.82. The number of carbonyl (C=O) groups is 1. The molecule has 0 saturated heterocycles. The second-order valence-electron chi connectivity index (χ2n) is 3.44. The predicted octanol–water partition coefficient (Wildman–Crippen LogP) is 3.77. The fourth-order valence-electron chi connectivity index (χ4n) is 1.15. The van der Waals surface area contributed by atoms with Gasteiger partial charge in [0.25, 0.3) is 0 Å². The number of benzene rings is 1. The van der Waals surface area contributed by atoms with Crippen LogP contribution in [0.1, 0.15) is 31.1 Å². The highest BCUT2D eigenvalue weighted by atomic mass is 79.9. The third-order valence-electron chi connectivity index (χ3n) is 2.16. The molecule has 3 heteroatoms. The van der Waals surface area contributed by atoms with Gasteiger partial charge in [-0.05, 0) is 32.9 Å². The third kappa shape index (κ3) is 3.27. The topological polar surface area (TPSA) is 29.4 Å². The van der Waals surface area contributed by atoms with Crippen LogP contribution >= 0.6 is 15.9 Å². The molecule has 0 saturated carbocycles. The summed E-state index contributed by atoms with van der Waals surface area (Å²) in [7, 11) is 0. The molecule has 0 aromatic heterocycles. The summed E-state index contributed by atoms with van der Waals surface area (Å²) in [6, 6.07) is 7.39. The molecule has 15 heavy (non-hydrogen) atoms. The largest absolute Gasteiger partial charge is 0.294 e. The maximum absolute atomic E-state index is 11.3. The zero-order chi connectivity index (χ0) is 11.4. The Labute approximate surface area is 98.5 Å². The molecule has 0 aliphatic rings. The van der Waals surface area contributed by atoms with Gasteiger partial charge in [-0.15, -0.1) is 0 Å². The van der Waals surface area contributed by atoms with Crippen LogP contribution in [0.2, 0.25) is 0 Å². The zero-order valence-corrected chi connectivity index (χ0v) is 10.7. The first-order valence-corrected chi connectivity index (χ1v) is 5.73. The van der Waals surface area contributed by atoms with E-state index in [-0.39, 0.29) is 10.6 Å². The van der Waals surface area contributed by atoms with E-state index >= 15 is 0 Å². The van der Waals surface area contributed by atoms with Gasteiger partial charge in [0.2, 0.25) is 0 Å². The van der Waals surface area contributed by atoms with Gasteiger partial charge >= 0.3 is 0 Å². The van der Waals surface area contributed by atoms with Crippen molar-refractivity contribution in [1.82, 2.24) is 0 Å². The number of Topliss-reactive ketones (excluding diaryl/α,β-unsaturated/α-hetero) is 1. The summed E-state index contributed by atoms with van der Waals surface area (Å²) in [4.78, 5) is 16.0. The highest BCUT2D eigenvalue weighted by molar-refractivity contribution is 9.10. The van der Waals surface area contributed by atoms with Crippen LogP contribution in [-0.2, 0) is 0 Å². The number of alkyl halides is 1. The number of hydrogen-bond acceptors (Lipinski definition) is 2. The average molecular weight is 268 g/mol. The van der Waals surface area contributed by atoms with Crippen molar-refractivity contribution in [1.29, 1.82) is 0 Å². The summed E-state index contributed by atoms with van der Waals surface area (Å²) in [5.74, 6) is 0.0457. The van der Waals surface area contributed by atoms with E-state index in [0.29, 0.717) is 5.56 Å². The van der Waals surface area contributed by atoms with Crippen molar-refractivity contribution >= 4 is 33.1 Å². The fourth-order valence-corrected chi connectivity index (χ4v) is 1.25. The third-order valence-corrected chi connectivity index (χ3v) is 2.82. The van der Waals surface area contributed by atoms with Crippen LogP contribution in [0.25, 0.3) is 0 Å². The van der Waals surface area contributed by atoms with E-state index in [9.17, 15) is 4.79 Å². The summed E-state index contributed by atoms with van der Waals surface area (Å²) < 4.78 is 0. The predicted molar refractivity (Wildman–Crippen MR) is 67.6 cm³/mol. The molecule has 1 aromatic rings. The highest BCUT2D eigenvalue weighted by Gasteiger charge is 2.06. The van der Waals surface area contributed by atoms with Crippen molar-refractivity contribution in [2.45, 2.75) is 25.6 Å². The van der Waals surface area contributed by atoms with Gasteiger partial charge in [-0.1, -0.05) is 28.1 Å². The molecule has 1 unspecified atom stereocenters. The molecule has 1 atom stereocenters. The molecule has 1 rings (SSSR count). The molecule has 80 valence electrons. The molecule has 0 aliphatic carbocycles. The van der Waals surface area contributed by atoms with Gasteiger partial charge < -0.3 is 0 Å². The first-order valence-electron chi connectivity index (χ1n) is 4.81. The maximum atomic E-state index is 11.3. The normalized spacial score (nSPS) is 13.7. The molecule has 1 aromatic carbocycles. The standard InChI is InChI=1S/C12H14BrNO/c1-8(13)9(2)14-12-7-5-4-6-11(12)10(3)15/h4-8H,1-3H3. The lowest BCUT2D eigenvalue weighted by Crippen LogP contribution is -2.04. The van der Waals surface area contributed by atoms with E-state index in [1.165, 1.54) is 0 Å². The van der Waals surface area contributed by atoms with E-state index < -0.39 is 0 Å². The van der Waals surface area contributed by atoms with Crippen LogP contribution < -0.4 is 0 Å². The lowest BCUT2D eigenvalue weighted by Gasteiger charge is -2.05. The number of para-hydroxylation sites is 1. The van der Waals surface area contributed by atoms with Gasteiger partial charge in [-0.25, -0.2) is 0 Å². The minimum atomic E-state index is 0.0457. The van der Waals surface area contributed by atoms with Crippen LogP contribution in [0.3, 0.4) is 0 Å². The summed E-state index contributed by atoms with van der Waals surface area (Å²) in [5, 5.41) is 0. The molecule has 0 spiro atoms. The number of carbonyl (C=O) groups excluding carboxylic acids is 1. The van der Waals surface area contributed by atoms with Crippen LogP contribution in [0.4, 0.5) is 5.69 Å². The monoisotopic (exact) mass is 267 g/mol. The van der Waals surface area contributed by atoms with Crippen LogP contribution in [0, 0.1) is 0 Å². The van der Waals surface area contributed by atoms with E-state index in [0.717, 1.165) is 11.4 Å². The van der Waals surface area contributed by atoms with Gasteiger partial charge in [0.15, 0.2) is 5.78 Å². The van der Waals surface area contributed by atoms with Gasteiger partial charge in [-0.3, -0.25) is 9.79 Å². The number of hydrogen-bond donors (Lipinski definition) is 0. The van der Waals surface area contributed by atoms with Gasteiger partial charge in [-0.2, -0.15) is 0 Å². The average Bonchev–Trinajstić information content (AvgIpc) is 2.18. The first-order chi connectivity index (χ1) is 7.02. The van der Waals surface area contributed by atoms with Crippen molar-refractivity contribution < 1.29 is 4.79 Å². The van der Waals surface area contributed by atoms with Crippen molar-refractivity contribution in [3.8, 4) is 0 Å². The molecule has 0 bridgehead atoms. The lowest BCUT2D eigenvalue weighted by atomic mass is 10.1. The summed E-state index contributed by atoms with van der Waals surface area (Å²) in [5.41, 5.74) is 2.38. The Bertz CT molecular complexity index is 396. The zero-order valence-electron chi connectivity index (χ0n) is 9.12. The fraction of sp³-hybridized carbons (Fsp3) is 0.333. The molecule has 0 aliphatic heterocycles. The number of ketones is 1. The van der Waals surface area contributed by atoms with Crippen molar-refractivity contribution in [2.75, 3.05) is 0 Å². The number of aliphatic imine (C=N–C) groups is 1. The molecular formula is C12H14BrNO. The SMILES string of the molecule is CC(=O)c1ccccc1N=C(C)C(C)Br. The van der Waals surface area contributed by atoms with Crippen molar-refractivity contribution in [3.63, 3.8) is 0 Å². The smallest absolute Gasteiger partial charge is 0.161 e. The van der Waals surface area contributed by atoms with E-state index in [1.54, 1.807) is 13.0 Å². The minimum Gasteiger partial charge on any atom is -0.294 e. The molecule has 0 fully saturated rings. The Morgan fingerprint density at radius 3 is 2.47 bits per heavy atom. The van der Waals surface area contributed by atoms with Gasteiger partial charge in [0.05, 0.1) is 5.69 Å². The summed E-state index contributed by atoms with van der Waals surface area (Å²) in [6.45, 7) is 5.51. The van der Waals surface area contributed by atoms with E-state index in [2.05, 4.69) is 20.9 Å². The molecule has 0 amide bonds. The Morgan fingerprint density at radius 1 is 1.33 bits per heavy atom. The summed E-state index contributed by atoms with van der Waals surface area (Å²) in [6.07, 6.45) is 0. The minimum absolute atomic E-state index is 0.0457. The lowest BCUT2D eigenvalue weighted by molar-refractivity contribution is 0.101. The summed E-state index contributed by atoms with van der Waals surface area (Å²) >= 11 is 3.44. The number of nitrogens with zero attached hydrogens (tertiary/aromatic N) is 1. The molecule has 0 heterocycles. The maximum Gasteiger partial charge on any atom is 0.161 e. The first kappa shape index (κ1) is 12.1. The number of rotatable bonds is 3. The van der Waals surface area contributed by atoms with Crippen LogP contribution in [0.5, 0.6) is 0 Å². The quantitative estimate of drug-likeness (QED) is 0.466. The Morgan fingerprint density at radius 2 is 1.93 bits per heavy atom. The van der Waals surface area contributed by atoms with Crippen molar-refractivity contribution in [2.24, 2.45) is 4.99 Å². The Kier molecular flexibility index (Phi) is 4.21. The second kappa shape index (κ2) is 5.21. The van der Waals surface area contributed by atoms with Gasteiger partial charge in [0, 0.05) is 16.1 Å². The van der Waals surface area contributed by atoms with Crippen LogP contribution in [0.15, 0.2) is 29.3 Å². The Hall–Kier alpha value is -0.960. The van der Waals surface area contributed by atoms with Gasteiger partial charge in [0.1, 0.15) is 0 Å². The molecular weight excluding hydrogens is 254 g/mol. The molecule has 2 nitrogen and oxygen atoms in total. The number of halogens is 1. The molecule has 0 radical (unpaired) electrons. The Balaban J connectivity index is 3.15. The van der Waals surface area contributed by atoms with Crippen LogP contribution in [-0.4, -0.2) is 16.3 Å². The van der Waals surface area contributed by atoms with Crippen molar-refractivity contribution in [3.05, 3.63) is 29.8 Å².